The number of fused-ring (bicyclic) bond motifs is 1. The van der Waals surface area contributed by atoms with Crippen molar-refractivity contribution < 1.29 is 19.3 Å². The zero-order valence-corrected chi connectivity index (χ0v) is 13.6. The van der Waals surface area contributed by atoms with E-state index in [1.54, 1.807) is 7.11 Å². The summed E-state index contributed by atoms with van der Waals surface area (Å²) >= 11 is 0. The molecular formula is C20H20O4. The van der Waals surface area contributed by atoms with E-state index >= 15 is 0 Å². The number of hydrogen-bond acceptors (Lipinski definition) is 4. The van der Waals surface area contributed by atoms with Gasteiger partial charge in [0.2, 0.25) is 0 Å². The van der Waals surface area contributed by atoms with Crippen molar-refractivity contribution in [2.45, 2.75) is 0 Å². The Kier molecular flexibility index (Phi) is 5.31. The third-order valence-corrected chi connectivity index (χ3v) is 3.78. The maximum atomic E-state index is 10.7. The first-order valence-corrected chi connectivity index (χ1v) is 7.81. The van der Waals surface area contributed by atoms with E-state index in [-0.39, 0.29) is 12.5 Å². The van der Waals surface area contributed by atoms with Gasteiger partial charge in [-0.2, -0.15) is 0 Å². The molecule has 0 saturated heterocycles. The van der Waals surface area contributed by atoms with Gasteiger partial charge in [0.15, 0.2) is 18.3 Å². The quantitative estimate of drug-likeness (QED) is 0.522. The van der Waals surface area contributed by atoms with E-state index in [0.29, 0.717) is 19.0 Å². The molecule has 0 atom stereocenters. The summed E-state index contributed by atoms with van der Waals surface area (Å²) in [6.45, 7) is 0.985. The van der Waals surface area contributed by atoms with Gasteiger partial charge in [0, 0.05) is 18.1 Å². The number of ether oxygens (including phenoxy) is 3. The Morgan fingerprint density at radius 3 is 2.46 bits per heavy atom. The van der Waals surface area contributed by atoms with Crippen LogP contribution >= 0.6 is 0 Å². The molecule has 0 amide bonds. The molecule has 1 N–H and O–H groups in total. The van der Waals surface area contributed by atoms with Gasteiger partial charge in [0.05, 0.1) is 13.2 Å². The molecule has 0 aliphatic heterocycles. The smallest absolute Gasteiger partial charge is 0.189 e. The molecule has 0 fully saturated rings. The van der Waals surface area contributed by atoms with Crippen LogP contribution in [-0.4, -0.2) is 32.2 Å². The largest absolute Gasteiger partial charge is 0.504 e. The monoisotopic (exact) mass is 324 g/mol. The average Bonchev–Trinajstić information content (AvgIpc) is 2.64. The van der Waals surface area contributed by atoms with Gasteiger partial charge in [-0.25, -0.2) is 0 Å². The van der Waals surface area contributed by atoms with Crippen molar-refractivity contribution in [1.82, 2.24) is 0 Å². The maximum absolute atomic E-state index is 10.7. The van der Waals surface area contributed by atoms with Crippen LogP contribution in [0.5, 0.6) is 11.5 Å². The highest BCUT2D eigenvalue weighted by Crippen LogP contribution is 2.43. The SMILES string of the molecule is COCCOCOc1c(-c2ccccc2)cc2ccccc2c1O. The van der Waals surface area contributed by atoms with Crippen LogP contribution in [0, 0.1) is 0 Å². The van der Waals surface area contributed by atoms with Crippen LogP contribution in [0.3, 0.4) is 0 Å². The molecule has 124 valence electrons. The number of methoxy groups -OCH3 is 1. The highest BCUT2D eigenvalue weighted by molar-refractivity contribution is 5.96. The molecule has 0 aromatic heterocycles. The Morgan fingerprint density at radius 2 is 1.67 bits per heavy atom. The molecule has 0 heterocycles. The summed E-state index contributed by atoms with van der Waals surface area (Å²) < 4.78 is 16.1. The van der Waals surface area contributed by atoms with Crippen LogP contribution in [0.25, 0.3) is 21.9 Å². The molecule has 3 rings (SSSR count). The van der Waals surface area contributed by atoms with Crippen LogP contribution in [-0.2, 0) is 9.47 Å². The van der Waals surface area contributed by atoms with E-state index in [9.17, 15) is 5.11 Å². The van der Waals surface area contributed by atoms with E-state index in [0.717, 1.165) is 21.9 Å². The predicted octanol–water partition coefficient (Wildman–Crippen LogP) is 4.21. The Balaban J connectivity index is 1.98. The number of phenols is 1. The number of hydrogen-bond donors (Lipinski definition) is 1. The minimum atomic E-state index is 0.0507. The lowest BCUT2D eigenvalue weighted by atomic mass is 9.99. The second kappa shape index (κ2) is 7.81. The fourth-order valence-electron chi connectivity index (χ4n) is 2.59. The number of phenolic OH excluding ortho intramolecular Hbond substituents is 1. The minimum absolute atomic E-state index is 0.0507. The maximum Gasteiger partial charge on any atom is 0.189 e. The zero-order valence-electron chi connectivity index (χ0n) is 13.6. The molecule has 4 heteroatoms. The molecule has 24 heavy (non-hydrogen) atoms. The van der Waals surface area contributed by atoms with Crippen molar-refractivity contribution in [3.05, 3.63) is 60.7 Å². The molecule has 3 aromatic rings. The molecule has 0 unspecified atom stereocenters. The van der Waals surface area contributed by atoms with Crippen LogP contribution < -0.4 is 4.74 Å². The van der Waals surface area contributed by atoms with E-state index in [4.69, 9.17) is 14.2 Å². The third kappa shape index (κ3) is 3.50. The molecule has 0 saturated carbocycles. The van der Waals surface area contributed by atoms with Gasteiger partial charge >= 0.3 is 0 Å². The van der Waals surface area contributed by atoms with Crippen molar-refractivity contribution in [3.63, 3.8) is 0 Å². The molecule has 3 aromatic carbocycles. The van der Waals surface area contributed by atoms with Crippen LogP contribution in [0.1, 0.15) is 0 Å². The van der Waals surface area contributed by atoms with Gasteiger partial charge in [0.25, 0.3) is 0 Å². The normalized spacial score (nSPS) is 10.9. The first kappa shape index (κ1) is 16.3. The minimum Gasteiger partial charge on any atom is -0.504 e. The van der Waals surface area contributed by atoms with Gasteiger partial charge in [-0.3, -0.25) is 0 Å². The number of rotatable bonds is 7. The molecule has 0 bridgehead atoms. The van der Waals surface area contributed by atoms with Crippen molar-refractivity contribution in [3.8, 4) is 22.6 Å². The lowest BCUT2D eigenvalue weighted by Gasteiger charge is -2.15. The second-order valence-corrected chi connectivity index (χ2v) is 5.35. The van der Waals surface area contributed by atoms with Gasteiger partial charge in [0.1, 0.15) is 0 Å². The molecule has 0 radical (unpaired) electrons. The highest BCUT2D eigenvalue weighted by Gasteiger charge is 2.15. The van der Waals surface area contributed by atoms with Gasteiger partial charge in [-0.15, -0.1) is 0 Å². The summed E-state index contributed by atoms with van der Waals surface area (Å²) in [4.78, 5) is 0. The molecule has 4 nitrogen and oxygen atoms in total. The van der Waals surface area contributed by atoms with E-state index in [2.05, 4.69) is 0 Å². The standard InChI is InChI=1S/C20H20O4/c1-22-11-12-23-14-24-20-18(15-7-3-2-4-8-15)13-16-9-5-6-10-17(16)19(20)21/h2-10,13,21H,11-12,14H2,1H3. The van der Waals surface area contributed by atoms with E-state index < -0.39 is 0 Å². The van der Waals surface area contributed by atoms with Crippen molar-refractivity contribution in [2.75, 3.05) is 27.1 Å². The van der Waals surface area contributed by atoms with Crippen LogP contribution in [0.15, 0.2) is 60.7 Å². The van der Waals surface area contributed by atoms with E-state index in [1.165, 1.54) is 0 Å². The van der Waals surface area contributed by atoms with Gasteiger partial charge in [-0.05, 0) is 17.0 Å². The fourth-order valence-corrected chi connectivity index (χ4v) is 2.59. The van der Waals surface area contributed by atoms with Crippen molar-refractivity contribution >= 4 is 10.8 Å². The summed E-state index contributed by atoms with van der Waals surface area (Å²) in [5.41, 5.74) is 1.81. The van der Waals surface area contributed by atoms with Crippen molar-refractivity contribution in [2.24, 2.45) is 0 Å². The summed E-state index contributed by atoms with van der Waals surface area (Å²) in [6, 6.07) is 19.6. The van der Waals surface area contributed by atoms with Crippen LogP contribution in [0.2, 0.25) is 0 Å². The summed E-state index contributed by atoms with van der Waals surface area (Å²) in [6.07, 6.45) is 0. The Morgan fingerprint density at radius 1 is 0.917 bits per heavy atom. The highest BCUT2D eigenvalue weighted by atomic mass is 16.7. The lowest BCUT2D eigenvalue weighted by molar-refractivity contribution is -0.00909. The second-order valence-electron chi connectivity index (χ2n) is 5.35. The average molecular weight is 324 g/mol. The third-order valence-electron chi connectivity index (χ3n) is 3.78. The van der Waals surface area contributed by atoms with Crippen molar-refractivity contribution in [1.29, 1.82) is 0 Å². The lowest BCUT2D eigenvalue weighted by Crippen LogP contribution is -2.08. The Hall–Kier alpha value is -2.56. The zero-order chi connectivity index (χ0) is 16.8. The van der Waals surface area contributed by atoms with Gasteiger partial charge in [-0.1, -0.05) is 54.6 Å². The molecule has 0 spiro atoms. The number of benzene rings is 3. The van der Waals surface area contributed by atoms with Gasteiger partial charge < -0.3 is 19.3 Å². The predicted molar refractivity (Wildman–Crippen MR) is 94.4 cm³/mol. The molecule has 0 aliphatic carbocycles. The van der Waals surface area contributed by atoms with Crippen LogP contribution in [0.4, 0.5) is 0 Å². The summed E-state index contributed by atoms with van der Waals surface area (Å²) in [5, 5.41) is 12.4. The summed E-state index contributed by atoms with van der Waals surface area (Å²) in [5.74, 6) is 0.555. The first-order chi connectivity index (χ1) is 11.8. The first-order valence-electron chi connectivity index (χ1n) is 7.81. The Labute approximate surface area is 141 Å². The Bertz CT molecular complexity index is 799. The fraction of sp³-hybridized carbons (Fsp3) is 0.200. The summed E-state index contributed by atoms with van der Waals surface area (Å²) in [7, 11) is 1.62. The topological polar surface area (TPSA) is 47.9 Å². The molecular weight excluding hydrogens is 304 g/mol. The number of aromatic hydroxyl groups is 1. The van der Waals surface area contributed by atoms with E-state index in [1.807, 2.05) is 60.7 Å². The molecule has 0 aliphatic rings.